The monoisotopic (exact) mass is 238 g/mol. The Morgan fingerprint density at radius 2 is 1.77 bits per heavy atom. The predicted octanol–water partition coefficient (Wildman–Crippen LogP) is 2.92. The highest BCUT2D eigenvalue weighted by atomic mass is 35.9. The fourth-order valence-corrected chi connectivity index (χ4v) is 2.01. The Morgan fingerprint density at radius 3 is 2.08 bits per heavy atom. The van der Waals surface area contributed by atoms with Crippen LogP contribution in [0.1, 0.15) is 0 Å². The summed E-state index contributed by atoms with van der Waals surface area (Å²) < 4.78 is 11.1. The van der Waals surface area contributed by atoms with E-state index in [0.717, 1.165) is 0 Å². The van der Waals surface area contributed by atoms with Gasteiger partial charge in [0.05, 0.1) is 0 Å². The molecule has 0 N–H and O–H groups in total. The molecule has 0 radical (unpaired) electrons. The Balaban J connectivity index is 3.01. The fraction of sp³-hybridized carbons (Fsp3) is 0.143. The third-order valence-corrected chi connectivity index (χ3v) is 3.58. The van der Waals surface area contributed by atoms with E-state index in [1.165, 1.54) is 31.3 Å². The lowest BCUT2D eigenvalue weighted by atomic mass is 10.3. The number of halogens is 2. The summed E-state index contributed by atoms with van der Waals surface area (Å²) in [5.74, 6) is -3.24. The number of hydrogen-bond donors (Lipinski definition) is 0. The van der Waals surface area contributed by atoms with Gasteiger partial charge in [0.2, 0.25) is 0 Å². The second-order valence-electron chi connectivity index (χ2n) is 2.48. The first-order valence-corrected chi connectivity index (χ1v) is 6.94. The lowest BCUT2D eigenvalue weighted by Gasteiger charge is -2.24. The summed E-state index contributed by atoms with van der Waals surface area (Å²) >= 11 is 10.8. The van der Waals surface area contributed by atoms with Crippen LogP contribution < -0.4 is 10.4 Å². The molecule has 1 rings (SSSR count). The van der Waals surface area contributed by atoms with Gasteiger partial charge in [0.15, 0.2) is 0 Å². The molecule has 0 fully saturated rings. The first kappa shape index (κ1) is 10.9. The van der Waals surface area contributed by atoms with Gasteiger partial charge < -0.3 is 10.3 Å². The standard InChI is InChI=1S/C7H7Cl2NO2P/c1-10(11)6-2-4-7(5-3-6)13(8,9)12/h2-5H,1H3/q-1. The van der Waals surface area contributed by atoms with Crippen LogP contribution in [0.5, 0.6) is 0 Å². The molecule has 1 aromatic carbocycles. The van der Waals surface area contributed by atoms with E-state index in [-0.39, 0.29) is 0 Å². The topological polar surface area (TPSA) is 43.4 Å². The molecule has 13 heavy (non-hydrogen) atoms. The molecule has 0 spiro atoms. The van der Waals surface area contributed by atoms with Crippen molar-refractivity contribution in [2.75, 3.05) is 12.1 Å². The SMILES string of the molecule is CN([O-])c1ccc(P(=O)(Cl)Cl)cc1. The van der Waals surface area contributed by atoms with Gasteiger partial charge in [0, 0.05) is 11.0 Å². The lowest BCUT2D eigenvalue weighted by Crippen LogP contribution is -2.07. The maximum atomic E-state index is 11.1. The van der Waals surface area contributed by atoms with Crippen molar-refractivity contribution in [3.8, 4) is 0 Å². The zero-order valence-electron chi connectivity index (χ0n) is 6.78. The number of rotatable bonds is 2. The minimum Gasteiger partial charge on any atom is -0.758 e. The Labute approximate surface area is 85.8 Å². The van der Waals surface area contributed by atoms with Crippen LogP contribution >= 0.6 is 28.3 Å². The summed E-state index contributed by atoms with van der Waals surface area (Å²) in [5.41, 5.74) is 0.463. The van der Waals surface area contributed by atoms with Crippen molar-refractivity contribution >= 4 is 39.3 Å². The zero-order chi connectivity index (χ0) is 10.1. The number of hydroxylamine groups is 1. The average Bonchev–Trinajstić information content (AvgIpc) is 2.03. The number of hydrogen-bond acceptors (Lipinski definition) is 3. The highest BCUT2D eigenvalue weighted by molar-refractivity contribution is 8.13. The molecule has 0 bridgehead atoms. The van der Waals surface area contributed by atoms with Crippen LogP contribution in [0.4, 0.5) is 5.69 Å². The number of nitrogens with zero attached hydrogens (tertiary/aromatic N) is 1. The summed E-state index contributed by atoms with van der Waals surface area (Å²) in [7, 11) is 1.37. The van der Waals surface area contributed by atoms with E-state index in [9.17, 15) is 9.77 Å². The minimum absolute atomic E-state index is 0.335. The molecule has 0 saturated carbocycles. The molecular weight excluding hydrogens is 232 g/mol. The van der Waals surface area contributed by atoms with E-state index >= 15 is 0 Å². The molecule has 1 aromatic rings. The molecule has 0 saturated heterocycles. The van der Waals surface area contributed by atoms with Gasteiger partial charge >= 0.3 is 0 Å². The van der Waals surface area contributed by atoms with Crippen molar-refractivity contribution in [1.82, 2.24) is 0 Å². The van der Waals surface area contributed by atoms with Gasteiger partial charge in [-0.2, -0.15) is 0 Å². The maximum absolute atomic E-state index is 11.1. The smallest absolute Gasteiger partial charge is 0.281 e. The molecular formula is C7H7Cl2NO2P-. The third kappa shape index (κ3) is 2.89. The minimum atomic E-state index is -3.24. The molecule has 72 valence electrons. The Kier molecular flexibility index (Phi) is 3.25. The molecule has 0 aliphatic heterocycles. The molecule has 0 aliphatic carbocycles. The van der Waals surface area contributed by atoms with Gasteiger partial charge in [-0.1, -0.05) is 0 Å². The molecule has 0 aromatic heterocycles. The van der Waals surface area contributed by atoms with Crippen molar-refractivity contribution in [1.29, 1.82) is 0 Å². The van der Waals surface area contributed by atoms with Crippen LogP contribution in [0, 0.1) is 5.21 Å². The van der Waals surface area contributed by atoms with Crippen molar-refractivity contribution in [3.63, 3.8) is 0 Å². The largest absolute Gasteiger partial charge is 0.758 e. The van der Waals surface area contributed by atoms with Crippen molar-refractivity contribution in [2.45, 2.75) is 0 Å². The lowest BCUT2D eigenvalue weighted by molar-refractivity contribution is 0.597. The highest BCUT2D eigenvalue weighted by Gasteiger charge is 2.16. The first-order chi connectivity index (χ1) is 5.91. The van der Waals surface area contributed by atoms with Crippen LogP contribution in [-0.4, -0.2) is 7.05 Å². The van der Waals surface area contributed by atoms with Crippen LogP contribution in [-0.2, 0) is 4.57 Å². The summed E-state index contributed by atoms with van der Waals surface area (Å²) in [6.07, 6.45) is 0. The second-order valence-corrected chi connectivity index (χ2v) is 7.29. The van der Waals surface area contributed by atoms with Gasteiger partial charge in [-0.3, -0.25) is 4.57 Å². The van der Waals surface area contributed by atoms with Crippen molar-refractivity contribution < 1.29 is 4.57 Å². The molecule has 0 aliphatic rings. The second kappa shape index (κ2) is 3.89. The van der Waals surface area contributed by atoms with Crippen molar-refractivity contribution in [3.05, 3.63) is 29.5 Å². The fourth-order valence-electron chi connectivity index (χ4n) is 0.836. The van der Waals surface area contributed by atoms with E-state index in [1.54, 1.807) is 0 Å². The summed E-state index contributed by atoms with van der Waals surface area (Å²) in [5, 5.41) is 11.8. The van der Waals surface area contributed by atoms with E-state index < -0.39 is 5.85 Å². The Hall–Kier alpha value is -0.210. The quantitative estimate of drug-likeness (QED) is 0.588. The summed E-state index contributed by atoms with van der Waals surface area (Å²) in [6.45, 7) is 0. The van der Waals surface area contributed by atoms with Gasteiger partial charge in [-0.05, 0) is 53.8 Å². The van der Waals surface area contributed by atoms with E-state index in [2.05, 4.69) is 0 Å². The van der Waals surface area contributed by atoms with Crippen LogP contribution in [0.25, 0.3) is 0 Å². The van der Waals surface area contributed by atoms with Gasteiger partial charge in [-0.15, -0.1) is 0 Å². The van der Waals surface area contributed by atoms with Crippen LogP contribution in [0.3, 0.4) is 0 Å². The van der Waals surface area contributed by atoms with E-state index in [1.807, 2.05) is 0 Å². The van der Waals surface area contributed by atoms with E-state index in [4.69, 9.17) is 22.5 Å². The molecule has 0 unspecified atom stereocenters. The Morgan fingerprint density at radius 1 is 1.31 bits per heavy atom. The molecule has 6 heteroatoms. The van der Waals surface area contributed by atoms with E-state index in [0.29, 0.717) is 16.1 Å². The number of anilines is 1. The van der Waals surface area contributed by atoms with Crippen molar-refractivity contribution in [2.24, 2.45) is 0 Å². The maximum Gasteiger partial charge on any atom is 0.281 e. The predicted molar refractivity (Wildman–Crippen MR) is 57.2 cm³/mol. The molecule has 0 atom stereocenters. The normalized spacial score (nSPS) is 11.4. The Bertz CT molecular complexity index is 333. The van der Waals surface area contributed by atoms with Gasteiger partial charge in [-0.25, -0.2) is 0 Å². The zero-order valence-corrected chi connectivity index (χ0v) is 9.18. The molecule has 0 heterocycles. The first-order valence-electron chi connectivity index (χ1n) is 3.42. The van der Waals surface area contributed by atoms with Gasteiger partial charge in [0.25, 0.3) is 5.85 Å². The van der Waals surface area contributed by atoms with Crippen LogP contribution in [0.15, 0.2) is 24.3 Å². The molecule has 0 amide bonds. The van der Waals surface area contributed by atoms with Crippen LogP contribution in [0.2, 0.25) is 0 Å². The number of benzene rings is 1. The highest BCUT2D eigenvalue weighted by Crippen LogP contribution is 2.55. The molecule has 3 nitrogen and oxygen atoms in total. The van der Waals surface area contributed by atoms with Gasteiger partial charge in [0.1, 0.15) is 0 Å². The average molecular weight is 239 g/mol. The summed E-state index contributed by atoms with van der Waals surface area (Å²) in [6, 6.07) is 5.98. The summed E-state index contributed by atoms with van der Waals surface area (Å²) in [4.78, 5) is 0. The third-order valence-electron chi connectivity index (χ3n) is 1.51.